The Balaban J connectivity index is 0.00000272. The maximum atomic E-state index is 2.45. The predicted molar refractivity (Wildman–Crippen MR) is 133 cm³/mol. The van der Waals surface area contributed by atoms with Crippen molar-refractivity contribution in [2.24, 2.45) is 0 Å². The van der Waals surface area contributed by atoms with Gasteiger partial charge < -0.3 is 28.9 Å². The maximum absolute atomic E-state index is 2.45. The van der Waals surface area contributed by atoms with Gasteiger partial charge >= 0.3 is 0 Å². The van der Waals surface area contributed by atoms with Gasteiger partial charge in [0.2, 0.25) is 5.52 Å². The van der Waals surface area contributed by atoms with E-state index in [2.05, 4.69) is 90.9 Å². The number of hydrogen-bond acceptors (Lipinski definition) is 3. The van der Waals surface area contributed by atoms with Crippen LogP contribution >= 0.6 is 23.1 Å². The summed E-state index contributed by atoms with van der Waals surface area (Å²) >= 11 is 3.81. The normalized spacial score (nSPS) is 14.9. The van der Waals surface area contributed by atoms with Crippen LogP contribution in [-0.4, -0.2) is 6.54 Å². The van der Waals surface area contributed by atoms with E-state index in [9.17, 15) is 0 Å². The molecule has 0 atom stereocenters. The molecule has 0 saturated heterocycles. The molecule has 5 heteroatoms. The predicted octanol–water partition coefficient (Wildman–Crippen LogP) is 4.65. The van der Waals surface area contributed by atoms with Gasteiger partial charge in [0.1, 0.15) is 11.2 Å². The summed E-state index contributed by atoms with van der Waals surface area (Å²) in [5, 5.41) is 2.70. The Morgan fingerprint density at radius 2 is 1.77 bits per heavy atom. The molecule has 1 aliphatic rings. The first-order valence-corrected chi connectivity index (χ1v) is 12.8. The standard InChI is InChI=1S/C26H31N2S2.HI/c1-4-7-8-13-20(18-25-27(5-2)21-14-9-11-16-23(21)29-25)19-26-28(6-3)22-15-10-12-17-24(22)30-26;/h9-12,14-19H,4-8,13H2,1-3H3;1H/q+1;/p-1. The van der Waals surface area contributed by atoms with Crippen LogP contribution in [0.25, 0.3) is 16.3 Å². The first-order valence-electron chi connectivity index (χ1n) is 11.1. The first kappa shape index (κ1) is 24.3. The summed E-state index contributed by atoms with van der Waals surface area (Å²) in [4.78, 5) is 3.82. The van der Waals surface area contributed by atoms with E-state index in [1.54, 1.807) is 0 Å². The molecule has 0 unspecified atom stereocenters. The molecule has 31 heavy (non-hydrogen) atoms. The Morgan fingerprint density at radius 3 is 2.55 bits per heavy atom. The maximum Gasteiger partial charge on any atom is 0.263 e. The topological polar surface area (TPSA) is 7.12 Å². The van der Waals surface area contributed by atoms with Crippen molar-refractivity contribution in [2.45, 2.75) is 57.9 Å². The van der Waals surface area contributed by atoms with Gasteiger partial charge in [0, 0.05) is 23.6 Å². The monoisotopic (exact) mass is 562 g/mol. The molecule has 0 saturated carbocycles. The molecule has 1 aromatic heterocycles. The summed E-state index contributed by atoms with van der Waals surface area (Å²) in [7, 11) is 0. The Bertz CT molecular complexity index is 1080. The lowest BCUT2D eigenvalue weighted by Gasteiger charge is -2.18. The number of rotatable bonds is 8. The number of fused-ring (bicyclic) bond motifs is 2. The summed E-state index contributed by atoms with van der Waals surface area (Å²) in [5.74, 6) is 0. The van der Waals surface area contributed by atoms with E-state index in [0.717, 1.165) is 19.5 Å². The minimum Gasteiger partial charge on any atom is -1.00 e. The quantitative estimate of drug-likeness (QED) is 0.224. The molecular formula is C26H31IN2S2. The number of aromatic nitrogens is 1. The van der Waals surface area contributed by atoms with E-state index >= 15 is 0 Å². The van der Waals surface area contributed by atoms with Crippen molar-refractivity contribution >= 4 is 45.1 Å². The minimum absolute atomic E-state index is 0. The second kappa shape index (κ2) is 11.5. The highest BCUT2D eigenvalue weighted by molar-refractivity contribution is 8.03. The molecule has 3 aromatic rings. The molecule has 2 heterocycles. The average molecular weight is 563 g/mol. The van der Waals surface area contributed by atoms with Crippen LogP contribution < -0.4 is 33.4 Å². The van der Waals surface area contributed by atoms with Crippen molar-refractivity contribution in [3.63, 3.8) is 0 Å². The highest BCUT2D eigenvalue weighted by Gasteiger charge is 2.24. The zero-order valence-corrected chi connectivity index (χ0v) is 22.4. The molecule has 0 radical (unpaired) electrons. The third-order valence-corrected chi connectivity index (χ3v) is 7.82. The number of nitrogens with zero attached hydrogens (tertiary/aromatic N) is 2. The van der Waals surface area contributed by atoms with Crippen LogP contribution in [-0.2, 0) is 6.54 Å². The van der Waals surface area contributed by atoms with Crippen LogP contribution in [0.1, 0.15) is 51.5 Å². The highest BCUT2D eigenvalue weighted by atomic mass is 127. The SMILES string of the molecule is CCCCCC(=C/c1sc2ccccc2[n+]1CC)/C=C1\Sc2ccccc2N1CC.[I-]. The average Bonchev–Trinajstić information content (AvgIpc) is 3.30. The number of benzene rings is 2. The Hall–Kier alpha value is -1.31. The van der Waals surface area contributed by atoms with Crippen molar-refractivity contribution in [3.05, 3.63) is 70.2 Å². The van der Waals surface area contributed by atoms with Crippen LogP contribution in [0.4, 0.5) is 5.69 Å². The molecule has 0 aliphatic carbocycles. The number of halogens is 1. The summed E-state index contributed by atoms with van der Waals surface area (Å²) < 4.78 is 3.82. The molecule has 4 rings (SSSR count). The second-order valence-electron chi connectivity index (χ2n) is 7.63. The van der Waals surface area contributed by atoms with Crippen LogP contribution in [0.3, 0.4) is 0 Å². The number of anilines is 1. The second-order valence-corrected chi connectivity index (χ2v) is 9.75. The fraction of sp³-hybridized carbons (Fsp3) is 0.346. The van der Waals surface area contributed by atoms with E-state index in [-0.39, 0.29) is 24.0 Å². The van der Waals surface area contributed by atoms with E-state index in [1.807, 2.05) is 23.1 Å². The van der Waals surface area contributed by atoms with Crippen molar-refractivity contribution < 1.29 is 28.5 Å². The smallest absolute Gasteiger partial charge is 0.263 e. The molecule has 2 nitrogen and oxygen atoms in total. The Labute approximate surface area is 212 Å². The van der Waals surface area contributed by atoms with Crippen molar-refractivity contribution in [3.8, 4) is 0 Å². The van der Waals surface area contributed by atoms with Gasteiger partial charge in [0.25, 0.3) is 5.01 Å². The van der Waals surface area contributed by atoms with Gasteiger partial charge in [0.05, 0.1) is 10.7 Å². The molecule has 164 valence electrons. The Morgan fingerprint density at radius 1 is 1.00 bits per heavy atom. The van der Waals surface area contributed by atoms with Crippen molar-refractivity contribution in [1.29, 1.82) is 0 Å². The zero-order valence-electron chi connectivity index (χ0n) is 18.6. The lowest BCUT2D eigenvalue weighted by molar-refractivity contribution is -0.665. The Kier molecular flexibility index (Phi) is 9.05. The van der Waals surface area contributed by atoms with E-state index in [4.69, 9.17) is 0 Å². The fourth-order valence-electron chi connectivity index (χ4n) is 4.06. The molecule has 0 amide bonds. The van der Waals surface area contributed by atoms with Crippen molar-refractivity contribution in [1.82, 2.24) is 0 Å². The van der Waals surface area contributed by atoms with E-state index in [1.165, 1.54) is 55.7 Å². The van der Waals surface area contributed by atoms with Gasteiger partial charge in [-0.3, -0.25) is 0 Å². The number of allylic oxidation sites excluding steroid dienone is 2. The van der Waals surface area contributed by atoms with Gasteiger partial charge in [-0.15, -0.1) is 0 Å². The van der Waals surface area contributed by atoms with Crippen LogP contribution in [0.15, 0.2) is 70.1 Å². The number of unbranched alkanes of at least 4 members (excludes halogenated alkanes) is 2. The van der Waals surface area contributed by atoms with E-state index < -0.39 is 0 Å². The summed E-state index contributed by atoms with van der Waals surface area (Å²) in [6, 6.07) is 17.5. The van der Waals surface area contributed by atoms with Gasteiger partial charge in [-0.1, -0.05) is 67.1 Å². The molecule has 2 aromatic carbocycles. The van der Waals surface area contributed by atoms with Crippen LogP contribution in [0.5, 0.6) is 0 Å². The van der Waals surface area contributed by atoms with Crippen molar-refractivity contribution in [2.75, 3.05) is 11.4 Å². The number of thiazole rings is 1. The van der Waals surface area contributed by atoms with Gasteiger partial charge in [-0.25, -0.2) is 0 Å². The van der Waals surface area contributed by atoms with Gasteiger partial charge in [-0.05, 0) is 56.5 Å². The molecule has 0 fully saturated rings. The summed E-state index contributed by atoms with van der Waals surface area (Å²) in [6.07, 6.45) is 9.79. The molecule has 0 spiro atoms. The largest absolute Gasteiger partial charge is 1.00 e. The number of para-hydroxylation sites is 2. The van der Waals surface area contributed by atoms with E-state index in [0.29, 0.717) is 0 Å². The lowest BCUT2D eigenvalue weighted by atomic mass is 10.1. The molecule has 1 aliphatic heterocycles. The van der Waals surface area contributed by atoms with Gasteiger partial charge in [-0.2, -0.15) is 4.57 Å². The molecule has 0 bridgehead atoms. The van der Waals surface area contributed by atoms with Gasteiger partial charge in [0.15, 0.2) is 0 Å². The van der Waals surface area contributed by atoms with Crippen LogP contribution in [0.2, 0.25) is 0 Å². The number of hydrogen-bond donors (Lipinski definition) is 0. The minimum atomic E-state index is 0. The molecular weight excluding hydrogens is 531 g/mol. The molecule has 0 N–H and O–H groups in total. The number of thioether (sulfide) groups is 1. The number of aryl methyl sites for hydroxylation is 1. The summed E-state index contributed by atoms with van der Waals surface area (Å²) in [5.41, 5.74) is 4.12. The zero-order chi connectivity index (χ0) is 20.9. The van der Waals surface area contributed by atoms with Crippen LogP contribution in [0, 0.1) is 0 Å². The third kappa shape index (κ3) is 5.37. The fourth-order valence-corrected chi connectivity index (χ4v) is 6.46. The summed E-state index contributed by atoms with van der Waals surface area (Å²) in [6.45, 7) is 8.76. The highest BCUT2D eigenvalue weighted by Crippen LogP contribution is 2.46. The first-order chi connectivity index (χ1) is 14.7. The third-order valence-electron chi connectivity index (χ3n) is 5.59. The lowest BCUT2D eigenvalue weighted by Crippen LogP contribution is -3.00.